The topological polar surface area (TPSA) is 29.5 Å². The molecule has 0 aliphatic carbocycles. The van der Waals surface area contributed by atoms with Crippen LogP contribution in [-0.4, -0.2) is 5.11 Å². The van der Waals surface area contributed by atoms with Crippen LogP contribution in [0.2, 0.25) is 0 Å². The van der Waals surface area contributed by atoms with Gasteiger partial charge < -0.3 is 9.84 Å². The number of aliphatic hydroxyl groups is 1. The molecule has 2 aromatic rings. The van der Waals surface area contributed by atoms with Crippen molar-refractivity contribution in [3.05, 3.63) is 50.4 Å². The molecular weight excluding hydrogens is 307 g/mol. The molecule has 5 heteroatoms. The van der Waals surface area contributed by atoms with Gasteiger partial charge in [-0.3, -0.25) is 0 Å². The predicted molar refractivity (Wildman–Crippen MR) is 68.7 cm³/mol. The smallest absolute Gasteiger partial charge is 0.127 e. The summed E-state index contributed by atoms with van der Waals surface area (Å²) in [6.07, 6.45) is 0. The van der Waals surface area contributed by atoms with Gasteiger partial charge in [0.1, 0.15) is 18.2 Å². The van der Waals surface area contributed by atoms with Gasteiger partial charge in [0.25, 0.3) is 0 Å². The maximum absolute atomic E-state index is 13.1. The molecule has 0 unspecified atom stereocenters. The summed E-state index contributed by atoms with van der Waals surface area (Å²) in [4.78, 5) is 1.05. The number of hydrogen-bond acceptors (Lipinski definition) is 3. The molecule has 0 aliphatic rings. The van der Waals surface area contributed by atoms with Gasteiger partial charge in [-0.25, -0.2) is 4.39 Å². The molecule has 0 aliphatic heterocycles. The number of rotatable bonds is 4. The minimum absolute atomic E-state index is 0.196. The molecule has 0 atom stereocenters. The van der Waals surface area contributed by atoms with Gasteiger partial charge in [0, 0.05) is 20.8 Å². The van der Waals surface area contributed by atoms with Crippen LogP contribution in [0.5, 0.6) is 5.75 Å². The second-order valence-electron chi connectivity index (χ2n) is 3.47. The van der Waals surface area contributed by atoms with Gasteiger partial charge in [-0.15, -0.1) is 11.3 Å². The summed E-state index contributed by atoms with van der Waals surface area (Å²) in [6.45, 7) is 0.198. The number of halogens is 2. The first kappa shape index (κ1) is 12.5. The molecule has 17 heavy (non-hydrogen) atoms. The van der Waals surface area contributed by atoms with Crippen LogP contribution in [0.3, 0.4) is 0 Å². The zero-order valence-electron chi connectivity index (χ0n) is 8.82. The molecule has 0 saturated heterocycles. The third-order valence-electron chi connectivity index (χ3n) is 2.12. The molecule has 90 valence electrons. The summed E-state index contributed by atoms with van der Waals surface area (Å²) in [5, 5.41) is 10.9. The lowest BCUT2D eigenvalue weighted by molar-refractivity contribution is 0.277. The molecule has 0 fully saturated rings. The second-order valence-corrected chi connectivity index (χ2v) is 5.38. The van der Waals surface area contributed by atoms with Crippen molar-refractivity contribution in [3.63, 3.8) is 0 Å². The molecule has 0 saturated carbocycles. The Kier molecular flexibility index (Phi) is 4.15. The van der Waals surface area contributed by atoms with Crippen molar-refractivity contribution < 1.29 is 14.2 Å². The molecular formula is C12H10BrFO2S. The maximum Gasteiger partial charge on any atom is 0.127 e. The van der Waals surface area contributed by atoms with Crippen LogP contribution in [0.15, 0.2) is 34.1 Å². The zero-order valence-corrected chi connectivity index (χ0v) is 11.2. The van der Waals surface area contributed by atoms with Crippen LogP contribution in [0, 0.1) is 5.82 Å². The van der Waals surface area contributed by atoms with Crippen molar-refractivity contribution in [2.75, 3.05) is 0 Å². The molecule has 1 heterocycles. The molecule has 1 aromatic heterocycles. The van der Waals surface area contributed by atoms with Crippen LogP contribution in [0.1, 0.15) is 10.4 Å². The van der Waals surface area contributed by atoms with Crippen LogP contribution in [0.25, 0.3) is 0 Å². The number of aliphatic hydroxyl groups excluding tert-OH is 1. The van der Waals surface area contributed by atoms with E-state index in [1.807, 2.05) is 11.4 Å². The average molecular weight is 317 g/mol. The fourth-order valence-corrected chi connectivity index (χ4v) is 2.74. The van der Waals surface area contributed by atoms with E-state index in [1.54, 1.807) is 17.4 Å². The number of ether oxygens (including phenoxy) is 1. The highest BCUT2D eigenvalue weighted by molar-refractivity contribution is 9.10. The van der Waals surface area contributed by atoms with Crippen LogP contribution < -0.4 is 4.74 Å². The van der Waals surface area contributed by atoms with Gasteiger partial charge >= 0.3 is 0 Å². The summed E-state index contributed by atoms with van der Waals surface area (Å²) in [5.41, 5.74) is 0.507. The summed E-state index contributed by atoms with van der Waals surface area (Å²) >= 11 is 4.92. The highest BCUT2D eigenvalue weighted by Crippen LogP contribution is 2.22. The molecule has 2 nitrogen and oxygen atoms in total. The van der Waals surface area contributed by atoms with E-state index in [9.17, 15) is 4.39 Å². The Bertz CT molecular complexity index is 513. The fourth-order valence-electron chi connectivity index (χ4n) is 1.38. The van der Waals surface area contributed by atoms with E-state index in [-0.39, 0.29) is 6.61 Å². The van der Waals surface area contributed by atoms with Crippen molar-refractivity contribution in [2.24, 2.45) is 0 Å². The third kappa shape index (κ3) is 3.52. The monoisotopic (exact) mass is 316 g/mol. The first-order chi connectivity index (χ1) is 8.17. The quantitative estimate of drug-likeness (QED) is 0.931. The molecule has 0 spiro atoms. The molecule has 2 rings (SSSR count). The minimum atomic E-state index is -0.404. The van der Waals surface area contributed by atoms with Crippen molar-refractivity contribution >= 4 is 27.3 Å². The number of benzene rings is 1. The van der Waals surface area contributed by atoms with Crippen molar-refractivity contribution in [2.45, 2.75) is 13.2 Å². The zero-order chi connectivity index (χ0) is 12.3. The van der Waals surface area contributed by atoms with Gasteiger partial charge in [0.15, 0.2) is 0 Å². The predicted octanol–water partition coefficient (Wildman–Crippen LogP) is 3.72. The first-order valence-electron chi connectivity index (χ1n) is 4.93. The third-order valence-corrected chi connectivity index (χ3v) is 3.79. The molecule has 1 aromatic carbocycles. The highest BCUT2D eigenvalue weighted by Gasteiger charge is 2.03. The van der Waals surface area contributed by atoms with Gasteiger partial charge in [-0.2, -0.15) is 0 Å². The lowest BCUT2D eigenvalue weighted by Gasteiger charge is -2.06. The lowest BCUT2D eigenvalue weighted by Crippen LogP contribution is -1.95. The second kappa shape index (κ2) is 5.62. The summed E-state index contributed by atoms with van der Waals surface area (Å²) in [5.74, 6) is 0.0254. The van der Waals surface area contributed by atoms with Crippen LogP contribution in [-0.2, 0) is 13.2 Å². The van der Waals surface area contributed by atoms with E-state index >= 15 is 0 Å². The maximum atomic E-state index is 13.1. The van der Waals surface area contributed by atoms with Crippen LogP contribution in [0.4, 0.5) is 4.39 Å². The first-order valence-corrected chi connectivity index (χ1v) is 6.60. The van der Waals surface area contributed by atoms with Gasteiger partial charge in [0.05, 0.1) is 6.61 Å². The van der Waals surface area contributed by atoms with Gasteiger partial charge in [0.2, 0.25) is 0 Å². The van der Waals surface area contributed by atoms with E-state index in [0.29, 0.717) is 17.9 Å². The fraction of sp³-hybridized carbons (Fsp3) is 0.167. The Morgan fingerprint density at radius 2 is 2.12 bits per heavy atom. The van der Waals surface area contributed by atoms with E-state index in [2.05, 4.69) is 15.9 Å². The normalized spacial score (nSPS) is 10.5. The van der Waals surface area contributed by atoms with Crippen molar-refractivity contribution in [1.82, 2.24) is 0 Å². The molecule has 0 radical (unpaired) electrons. The molecule has 0 amide bonds. The Labute approximate surface area is 111 Å². The average Bonchev–Trinajstić information content (AvgIpc) is 2.72. The van der Waals surface area contributed by atoms with Gasteiger partial charge in [-0.1, -0.05) is 0 Å². The van der Waals surface area contributed by atoms with E-state index in [4.69, 9.17) is 9.84 Å². The SMILES string of the molecule is OCc1cc(F)cc(OCc2cc(Br)cs2)c1. The summed E-state index contributed by atoms with van der Waals surface area (Å²) in [7, 11) is 0. The summed E-state index contributed by atoms with van der Waals surface area (Å²) in [6, 6.07) is 6.18. The Balaban J connectivity index is 2.05. The highest BCUT2D eigenvalue weighted by atomic mass is 79.9. The van der Waals surface area contributed by atoms with Crippen LogP contribution >= 0.6 is 27.3 Å². The lowest BCUT2D eigenvalue weighted by atomic mass is 10.2. The number of hydrogen-bond donors (Lipinski definition) is 1. The van der Waals surface area contributed by atoms with E-state index in [0.717, 1.165) is 9.35 Å². The summed E-state index contributed by atoms with van der Waals surface area (Å²) < 4.78 is 19.6. The number of thiophene rings is 1. The largest absolute Gasteiger partial charge is 0.488 e. The Morgan fingerprint density at radius 3 is 2.76 bits per heavy atom. The van der Waals surface area contributed by atoms with Crippen molar-refractivity contribution in [1.29, 1.82) is 0 Å². The molecule has 1 N–H and O–H groups in total. The Hall–Kier alpha value is -0.910. The Morgan fingerprint density at radius 1 is 1.29 bits per heavy atom. The molecule has 0 bridgehead atoms. The van der Waals surface area contributed by atoms with E-state index in [1.165, 1.54) is 12.1 Å². The van der Waals surface area contributed by atoms with E-state index < -0.39 is 5.82 Å². The van der Waals surface area contributed by atoms with Crippen molar-refractivity contribution in [3.8, 4) is 5.75 Å². The minimum Gasteiger partial charge on any atom is -0.488 e. The standard InChI is InChI=1S/C12H10BrFO2S/c13-9-3-12(17-7-9)6-16-11-2-8(5-15)1-10(14)4-11/h1-4,7,15H,5-6H2. The van der Waals surface area contributed by atoms with Gasteiger partial charge in [-0.05, 0) is 39.7 Å².